The number of amides is 1. The number of nitrogens with zero attached hydrogens (tertiary/aromatic N) is 1. The van der Waals surface area contributed by atoms with E-state index in [2.05, 4.69) is 6.58 Å². The molecule has 16 heavy (non-hydrogen) atoms. The molecule has 0 N–H and O–H groups in total. The maximum absolute atomic E-state index is 12.2. The summed E-state index contributed by atoms with van der Waals surface area (Å²) < 4.78 is 46.0. The van der Waals surface area contributed by atoms with Gasteiger partial charge in [0.2, 0.25) is 0 Å². The Balaban J connectivity index is 4.60. The minimum absolute atomic E-state index is 0.221. The Hall–Kier alpha value is -1.08. The summed E-state index contributed by atoms with van der Waals surface area (Å²) in [7, 11) is 2.55. The first-order valence-electron chi connectivity index (χ1n) is 4.39. The van der Waals surface area contributed by atoms with Crippen molar-refractivity contribution in [1.29, 1.82) is 0 Å². The highest BCUT2D eigenvalue weighted by Gasteiger charge is 2.42. The molecule has 0 unspecified atom stereocenters. The summed E-state index contributed by atoms with van der Waals surface area (Å²) in [6.07, 6.45) is -4.60. The number of carbonyl (C=O) groups is 1. The normalized spacial score (nSPS) is 11.6. The molecule has 0 aliphatic carbocycles. The van der Waals surface area contributed by atoms with Gasteiger partial charge in [0.25, 0.3) is 0 Å². The molecule has 0 aromatic heterocycles. The van der Waals surface area contributed by atoms with Crippen molar-refractivity contribution in [2.24, 2.45) is 0 Å². The molecule has 7 heteroatoms. The minimum atomic E-state index is -4.91. The number of methoxy groups -OCH3 is 2. The zero-order chi connectivity index (χ0) is 12.8. The van der Waals surface area contributed by atoms with E-state index in [1.807, 2.05) is 0 Å². The van der Waals surface area contributed by atoms with E-state index < -0.39 is 18.4 Å². The van der Waals surface area contributed by atoms with Crippen molar-refractivity contribution in [1.82, 2.24) is 4.90 Å². The molecule has 0 fully saturated rings. The number of hydrogen-bond donors (Lipinski definition) is 0. The summed E-state index contributed by atoms with van der Waals surface area (Å²) in [6.45, 7) is 2.75. The van der Waals surface area contributed by atoms with E-state index in [1.165, 1.54) is 20.3 Å². The summed E-state index contributed by atoms with van der Waals surface area (Å²) in [6, 6.07) is 0. The fraction of sp³-hybridized carbons (Fsp3) is 0.667. The van der Waals surface area contributed by atoms with Crippen LogP contribution in [0.1, 0.15) is 0 Å². The highest BCUT2D eigenvalue weighted by atomic mass is 19.4. The SMILES string of the molecule is C=CCN(CC(OC)OC)C(=O)C(F)(F)F. The maximum Gasteiger partial charge on any atom is 0.471 e. The number of hydrogen-bond acceptors (Lipinski definition) is 3. The van der Waals surface area contributed by atoms with Crippen LogP contribution < -0.4 is 0 Å². The molecule has 0 aliphatic heterocycles. The smallest absolute Gasteiger partial charge is 0.354 e. The summed E-state index contributed by atoms with van der Waals surface area (Å²) in [5.74, 6) is -1.94. The minimum Gasteiger partial charge on any atom is -0.354 e. The summed E-state index contributed by atoms with van der Waals surface area (Å²) in [4.78, 5) is 11.5. The lowest BCUT2D eigenvalue weighted by Gasteiger charge is -2.25. The molecular formula is C9H14F3NO3. The van der Waals surface area contributed by atoms with Gasteiger partial charge in [-0.05, 0) is 0 Å². The van der Waals surface area contributed by atoms with Gasteiger partial charge in [0, 0.05) is 20.8 Å². The Bertz CT molecular complexity index is 239. The van der Waals surface area contributed by atoms with Gasteiger partial charge >= 0.3 is 12.1 Å². The third-order valence-corrected chi connectivity index (χ3v) is 1.77. The number of halogens is 3. The predicted octanol–water partition coefficient (Wildman–Crippen LogP) is 1.18. The van der Waals surface area contributed by atoms with E-state index >= 15 is 0 Å². The van der Waals surface area contributed by atoms with Crippen LogP contribution in [0.2, 0.25) is 0 Å². The summed E-state index contributed by atoms with van der Waals surface area (Å²) in [5, 5.41) is 0. The Labute approximate surface area is 91.6 Å². The molecule has 0 bridgehead atoms. The molecule has 0 saturated heterocycles. The van der Waals surface area contributed by atoms with E-state index in [4.69, 9.17) is 9.47 Å². The zero-order valence-corrected chi connectivity index (χ0v) is 9.08. The van der Waals surface area contributed by atoms with Gasteiger partial charge in [0.15, 0.2) is 6.29 Å². The maximum atomic E-state index is 12.2. The molecule has 94 valence electrons. The zero-order valence-electron chi connectivity index (χ0n) is 9.08. The summed E-state index contributed by atoms with van der Waals surface area (Å²) in [5.41, 5.74) is 0. The first-order valence-corrected chi connectivity index (χ1v) is 4.39. The third-order valence-electron chi connectivity index (χ3n) is 1.77. The van der Waals surface area contributed by atoms with Crippen LogP contribution in [-0.2, 0) is 14.3 Å². The molecule has 0 aromatic rings. The second kappa shape index (κ2) is 6.49. The molecule has 0 aliphatic rings. The van der Waals surface area contributed by atoms with Crippen LogP contribution in [-0.4, -0.2) is 50.6 Å². The van der Waals surface area contributed by atoms with E-state index in [0.29, 0.717) is 4.90 Å². The van der Waals surface area contributed by atoms with Crippen LogP contribution >= 0.6 is 0 Å². The number of rotatable bonds is 6. The fourth-order valence-electron chi connectivity index (χ4n) is 1.00. The predicted molar refractivity (Wildman–Crippen MR) is 50.6 cm³/mol. The van der Waals surface area contributed by atoms with Gasteiger partial charge in [-0.3, -0.25) is 4.79 Å². The lowest BCUT2D eigenvalue weighted by Crippen LogP contribution is -2.45. The Morgan fingerprint density at radius 3 is 2.25 bits per heavy atom. The Morgan fingerprint density at radius 2 is 1.94 bits per heavy atom. The molecule has 0 spiro atoms. The van der Waals surface area contributed by atoms with E-state index in [-0.39, 0.29) is 13.1 Å². The molecule has 0 saturated carbocycles. The van der Waals surface area contributed by atoms with Crippen LogP contribution in [0.5, 0.6) is 0 Å². The number of ether oxygens (including phenoxy) is 2. The van der Waals surface area contributed by atoms with Crippen molar-refractivity contribution in [2.75, 3.05) is 27.3 Å². The van der Waals surface area contributed by atoms with Crippen LogP contribution in [0.25, 0.3) is 0 Å². The fourth-order valence-corrected chi connectivity index (χ4v) is 1.00. The van der Waals surface area contributed by atoms with Crippen molar-refractivity contribution in [3.63, 3.8) is 0 Å². The third kappa shape index (κ3) is 4.63. The van der Waals surface area contributed by atoms with E-state index in [1.54, 1.807) is 0 Å². The second-order valence-corrected chi connectivity index (χ2v) is 2.90. The number of carbonyl (C=O) groups excluding carboxylic acids is 1. The molecule has 1 amide bonds. The van der Waals surface area contributed by atoms with Gasteiger partial charge < -0.3 is 14.4 Å². The van der Waals surface area contributed by atoms with Crippen LogP contribution in [0.15, 0.2) is 12.7 Å². The molecular weight excluding hydrogens is 227 g/mol. The van der Waals surface area contributed by atoms with Crippen molar-refractivity contribution in [2.45, 2.75) is 12.5 Å². The van der Waals surface area contributed by atoms with Crippen LogP contribution in [0, 0.1) is 0 Å². The average molecular weight is 241 g/mol. The molecule has 0 radical (unpaired) electrons. The first kappa shape index (κ1) is 14.9. The van der Waals surface area contributed by atoms with Gasteiger partial charge in [-0.25, -0.2) is 0 Å². The first-order chi connectivity index (χ1) is 7.36. The lowest BCUT2D eigenvalue weighted by atomic mass is 10.4. The van der Waals surface area contributed by atoms with Crippen molar-refractivity contribution >= 4 is 5.91 Å². The van der Waals surface area contributed by atoms with Crippen molar-refractivity contribution in [3.8, 4) is 0 Å². The second-order valence-electron chi connectivity index (χ2n) is 2.90. The molecule has 0 aromatic carbocycles. The van der Waals surface area contributed by atoms with E-state index in [0.717, 1.165) is 0 Å². The van der Waals surface area contributed by atoms with Crippen molar-refractivity contribution in [3.05, 3.63) is 12.7 Å². The Kier molecular flexibility index (Phi) is 6.05. The summed E-state index contributed by atoms with van der Waals surface area (Å²) >= 11 is 0. The standard InChI is InChI=1S/C9H14F3NO3/c1-4-5-13(6-7(15-2)16-3)8(14)9(10,11)12/h4,7H,1,5-6H2,2-3H3. The van der Waals surface area contributed by atoms with Crippen LogP contribution in [0.4, 0.5) is 13.2 Å². The van der Waals surface area contributed by atoms with Gasteiger partial charge in [0.05, 0.1) is 6.54 Å². The largest absolute Gasteiger partial charge is 0.471 e. The molecule has 0 atom stereocenters. The van der Waals surface area contributed by atoms with Crippen molar-refractivity contribution < 1.29 is 27.4 Å². The average Bonchev–Trinajstić information content (AvgIpc) is 2.22. The highest BCUT2D eigenvalue weighted by Crippen LogP contribution is 2.18. The van der Waals surface area contributed by atoms with E-state index in [9.17, 15) is 18.0 Å². The van der Waals surface area contributed by atoms with Gasteiger partial charge in [-0.2, -0.15) is 13.2 Å². The van der Waals surface area contributed by atoms with Crippen LogP contribution in [0.3, 0.4) is 0 Å². The van der Waals surface area contributed by atoms with Gasteiger partial charge in [-0.15, -0.1) is 6.58 Å². The highest BCUT2D eigenvalue weighted by molar-refractivity contribution is 5.82. The quantitative estimate of drug-likeness (QED) is 0.518. The molecule has 0 rings (SSSR count). The Morgan fingerprint density at radius 1 is 1.44 bits per heavy atom. The molecule has 0 heterocycles. The van der Waals surface area contributed by atoms with Gasteiger partial charge in [0.1, 0.15) is 0 Å². The monoisotopic (exact) mass is 241 g/mol. The topological polar surface area (TPSA) is 38.8 Å². The lowest BCUT2D eigenvalue weighted by molar-refractivity contribution is -0.191. The number of alkyl halides is 3. The van der Waals surface area contributed by atoms with Gasteiger partial charge in [-0.1, -0.05) is 6.08 Å². The molecule has 4 nitrogen and oxygen atoms in total.